The van der Waals surface area contributed by atoms with Crippen LogP contribution in [0.1, 0.15) is 28.7 Å². The molecule has 0 fully saturated rings. The van der Waals surface area contributed by atoms with Gasteiger partial charge in [-0.15, -0.1) is 4.21 Å². The number of sulfone groups is 1. The fraction of sp³-hybridized carbons (Fsp3) is 0.278. The maximum atomic E-state index is 13.3. The van der Waals surface area contributed by atoms with Crippen molar-refractivity contribution < 1.29 is 17.9 Å². The number of hydrogen-bond acceptors (Lipinski definition) is 3. The monoisotopic (exact) mass is 332 g/mol. The summed E-state index contributed by atoms with van der Waals surface area (Å²) >= 11 is 0. The molecular formula is C18H17FO3S. The molecular weight excluding hydrogens is 315 g/mol. The molecule has 120 valence electrons. The number of carbonyl (C=O) groups excluding carboxylic acids is 1. The van der Waals surface area contributed by atoms with Crippen LogP contribution < -0.4 is 0 Å². The van der Waals surface area contributed by atoms with E-state index in [1.54, 1.807) is 31.2 Å². The Morgan fingerprint density at radius 3 is 2.65 bits per heavy atom. The maximum absolute atomic E-state index is 13.3. The Kier molecular flexibility index (Phi) is 4.17. The topological polar surface area (TPSA) is 57.2 Å². The highest BCUT2D eigenvalue weighted by Gasteiger charge is 2.24. The molecule has 0 saturated carbocycles. The van der Waals surface area contributed by atoms with E-state index in [9.17, 15) is 17.9 Å². The average molecular weight is 332 g/mol. The number of ketones is 1. The molecule has 0 heterocycles. The van der Waals surface area contributed by atoms with Crippen molar-refractivity contribution in [2.24, 2.45) is 0 Å². The Morgan fingerprint density at radius 2 is 1.91 bits per heavy atom. The van der Waals surface area contributed by atoms with Crippen LogP contribution in [0.4, 0.5) is 4.39 Å². The Balaban J connectivity index is 1.88. The second-order valence-electron chi connectivity index (χ2n) is 5.99. The second kappa shape index (κ2) is 5.98. The first-order valence-electron chi connectivity index (χ1n) is 7.46. The van der Waals surface area contributed by atoms with Gasteiger partial charge in [-0.1, -0.05) is 12.1 Å². The van der Waals surface area contributed by atoms with Crippen LogP contribution in [0.2, 0.25) is 0 Å². The molecule has 3 rings (SSSR count). The lowest BCUT2D eigenvalue weighted by atomic mass is 9.91. The fourth-order valence-electron chi connectivity index (χ4n) is 2.88. The zero-order valence-corrected chi connectivity index (χ0v) is 13.6. The standard InChI is InChI=1S/C18H17FO3S/c1-12-8-13(2-7-18(12)19)11-23(21,22)17-6-4-14-9-16(20)5-3-15(14)10-17/h2,4,6-8,10H,3,5,9,11H2,1H3. The van der Waals surface area contributed by atoms with Gasteiger partial charge in [0.05, 0.1) is 10.2 Å². The molecule has 1 aliphatic carbocycles. The molecule has 2 aromatic carbocycles. The van der Waals surface area contributed by atoms with Gasteiger partial charge in [0.25, 0.3) is 0 Å². The molecule has 1 atom stereocenters. The van der Waals surface area contributed by atoms with E-state index in [-0.39, 0.29) is 22.2 Å². The molecule has 0 aliphatic heterocycles. The number of aryl methyl sites for hydroxylation is 2. The van der Waals surface area contributed by atoms with Gasteiger partial charge in [-0.3, -0.25) is 4.79 Å². The SMILES string of the molecule is Cc1cc(C[S+](=O)([O-])c2ccc3c(c2)CCC(=O)C3)ccc1F. The summed E-state index contributed by atoms with van der Waals surface area (Å²) in [5.41, 5.74) is 2.84. The molecule has 5 heteroatoms. The van der Waals surface area contributed by atoms with Crippen molar-refractivity contribution in [2.75, 3.05) is 0 Å². The first-order chi connectivity index (χ1) is 10.8. The summed E-state index contributed by atoms with van der Waals surface area (Å²) in [6.07, 6.45) is 1.44. The quantitative estimate of drug-likeness (QED) is 0.810. The third-order valence-corrected chi connectivity index (χ3v) is 5.86. The molecule has 1 unspecified atom stereocenters. The van der Waals surface area contributed by atoms with Crippen LogP contribution in [0.3, 0.4) is 0 Å². The second-order valence-corrected chi connectivity index (χ2v) is 7.98. The van der Waals surface area contributed by atoms with Gasteiger partial charge in [-0.25, -0.2) is 4.39 Å². The molecule has 0 N–H and O–H groups in total. The largest absolute Gasteiger partial charge is 0.610 e. The van der Waals surface area contributed by atoms with Gasteiger partial charge in [0.15, 0.2) is 4.90 Å². The zero-order chi connectivity index (χ0) is 16.6. The first kappa shape index (κ1) is 16.0. The number of rotatable bonds is 3. The smallest absolute Gasteiger partial charge is 0.156 e. The van der Waals surface area contributed by atoms with E-state index >= 15 is 0 Å². The van der Waals surface area contributed by atoms with Crippen molar-refractivity contribution in [3.8, 4) is 0 Å². The van der Waals surface area contributed by atoms with Crippen LogP contribution in [0.15, 0.2) is 41.3 Å². The molecule has 0 saturated heterocycles. The van der Waals surface area contributed by atoms with Crippen molar-refractivity contribution in [2.45, 2.75) is 36.8 Å². The van der Waals surface area contributed by atoms with Crippen molar-refractivity contribution in [1.29, 1.82) is 0 Å². The predicted molar refractivity (Wildman–Crippen MR) is 85.4 cm³/mol. The van der Waals surface area contributed by atoms with Crippen LogP contribution >= 0.6 is 0 Å². The Hall–Kier alpha value is -1.85. The number of fused-ring (bicyclic) bond motifs is 1. The fourth-order valence-corrected chi connectivity index (χ4v) is 4.26. The van der Waals surface area contributed by atoms with Gasteiger partial charge in [0.1, 0.15) is 17.4 Å². The minimum atomic E-state index is -3.50. The number of carbonyl (C=O) groups is 1. The lowest BCUT2D eigenvalue weighted by molar-refractivity contribution is -0.118. The molecule has 2 aromatic rings. The van der Waals surface area contributed by atoms with Gasteiger partial charge < -0.3 is 4.55 Å². The van der Waals surface area contributed by atoms with E-state index in [1.807, 2.05) is 0 Å². The van der Waals surface area contributed by atoms with Crippen LogP contribution in [-0.4, -0.2) is 10.3 Å². The van der Waals surface area contributed by atoms with Crippen LogP contribution in [0, 0.1) is 12.7 Å². The molecule has 0 bridgehead atoms. The van der Waals surface area contributed by atoms with Crippen molar-refractivity contribution in [3.63, 3.8) is 0 Å². The molecule has 3 nitrogen and oxygen atoms in total. The van der Waals surface area contributed by atoms with E-state index in [1.165, 1.54) is 12.1 Å². The Morgan fingerprint density at radius 1 is 1.13 bits per heavy atom. The van der Waals surface area contributed by atoms with E-state index in [2.05, 4.69) is 0 Å². The summed E-state index contributed by atoms with van der Waals surface area (Å²) in [6, 6.07) is 9.31. The number of benzene rings is 2. The van der Waals surface area contributed by atoms with E-state index in [0.29, 0.717) is 30.4 Å². The highest BCUT2D eigenvalue weighted by Crippen LogP contribution is 2.27. The van der Waals surface area contributed by atoms with Crippen LogP contribution in [0.25, 0.3) is 0 Å². The minimum Gasteiger partial charge on any atom is -0.610 e. The minimum absolute atomic E-state index is 0.161. The predicted octanol–water partition coefficient (Wildman–Crippen LogP) is 3.38. The molecule has 0 aromatic heterocycles. The average Bonchev–Trinajstić information content (AvgIpc) is 2.50. The Bertz CT molecular complexity index is 829. The summed E-state index contributed by atoms with van der Waals surface area (Å²) in [4.78, 5) is 11.7. The highest BCUT2D eigenvalue weighted by molar-refractivity contribution is 7.96. The molecule has 23 heavy (non-hydrogen) atoms. The first-order valence-corrected chi connectivity index (χ1v) is 9.12. The molecule has 1 aliphatic rings. The van der Waals surface area contributed by atoms with Crippen molar-refractivity contribution in [3.05, 3.63) is 64.5 Å². The third-order valence-electron chi connectivity index (χ3n) is 4.18. The Labute approximate surface area is 135 Å². The van der Waals surface area contributed by atoms with Crippen molar-refractivity contribution in [1.82, 2.24) is 0 Å². The van der Waals surface area contributed by atoms with E-state index < -0.39 is 10.2 Å². The molecule has 0 spiro atoms. The highest BCUT2D eigenvalue weighted by atomic mass is 32.3. The lowest BCUT2D eigenvalue weighted by Gasteiger charge is -2.19. The van der Waals surface area contributed by atoms with Crippen LogP contribution in [-0.2, 0) is 37.8 Å². The summed E-state index contributed by atoms with van der Waals surface area (Å²) in [5.74, 6) is -0.314. The van der Waals surface area contributed by atoms with Gasteiger partial charge in [0.2, 0.25) is 0 Å². The van der Waals surface area contributed by atoms with E-state index in [4.69, 9.17) is 0 Å². The van der Waals surface area contributed by atoms with Gasteiger partial charge >= 0.3 is 0 Å². The normalized spacial score (nSPS) is 16.7. The van der Waals surface area contributed by atoms with Gasteiger partial charge in [0, 0.05) is 18.4 Å². The summed E-state index contributed by atoms with van der Waals surface area (Å²) in [6.45, 7) is 1.61. The van der Waals surface area contributed by atoms with Gasteiger partial charge in [-0.2, -0.15) is 0 Å². The third kappa shape index (κ3) is 3.41. The lowest BCUT2D eigenvalue weighted by Crippen LogP contribution is -2.17. The van der Waals surface area contributed by atoms with Crippen LogP contribution in [0.5, 0.6) is 0 Å². The number of Topliss-reactive ketones (excluding diaryl/α,β-unsaturated/α-hetero) is 1. The number of hydrogen-bond donors (Lipinski definition) is 0. The zero-order valence-electron chi connectivity index (χ0n) is 12.8. The summed E-state index contributed by atoms with van der Waals surface area (Å²) in [7, 11) is -3.50. The molecule has 0 amide bonds. The van der Waals surface area contributed by atoms with Crippen molar-refractivity contribution >= 4 is 16.0 Å². The van der Waals surface area contributed by atoms with Gasteiger partial charge in [-0.05, 0) is 54.3 Å². The summed E-state index contributed by atoms with van der Waals surface area (Å²) in [5, 5.41) is 0. The molecule has 0 radical (unpaired) electrons. The van der Waals surface area contributed by atoms with E-state index in [0.717, 1.165) is 11.1 Å². The summed E-state index contributed by atoms with van der Waals surface area (Å²) < 4.78 is 38.5. The maximum Gasteiger partial charge on any atom is 0.156 e. The number of halogens is 1.